The highest BCUT2D eigenvalue weighted by molar-refractivity contribution is 5.69. The Balaban J connectivity index is 3.08. The highest BCUT2D eigenvalue weighted by atomic mass is 14.8. The van der Waals surface area contributed by atoms with E-state index in [9.17, 15) is 0 Å². The first-order chi connectivity index (χ1) is 8.45. The molecule has 0 amide bonds. The first kappa shape index (κ1) is 14.3. The van der Waals surface area contributed by atoms with E-state index in [1.165, 1.54) is 22.3 Å². The van der Waals surface area contributed by atoms with Gasteiger partial charge in [-0.2, -0.15) is 0 Å². The van der Waals surface area contributed by atoms with Gasteiger partial charge in [-0.15, -0.1) is 0 Å². The molecule has 0 aliphatic heterocycles. The predicted molar refractivity (Wildman–Crippen MR) is 82.8 cm³/mol. The molecule has 0 saturated heterocycles. The lowest BCUT2D eigenvalue weighted by atomic mass is 9.98. The molecule has 1 aromatic rings. The largest absolute Gasteiger partial charge is 0.388 e. The normalized spacial score (nSPS) is 11.1. The quantitative estimate of drug-likeness (QED) is 0.728. The van der Waals surface area contributed by atoms with E-state index in [1.807, 2.05) is 7.05 Å². The van der Waals surface area contributed by atoms with E-state index in [4.69, 9.17) is 0 Å². The number of rotatable bonds is 4. The van der Waals surface area contributed by atoms with Crippen molar-refractivity contribution < 1.29 is 0 Å². The molecule has 0 radical (unpaired) electrons. The van der Waals surface area contributed by atoms with Gasteiger partial charge in [0.2, 0.25) is 0 Å². The highest BCUT2D eigenvalue weighted by Crippen LogP contribution is 2.22. The lowest BCUT2D eigenvalue weighted by Crippen LogP contribution is -1.89. The van der Waals surface area contributed by atoms with Gasteiger partial charge < -0.3 is 5.32 Å². The second-order valence-electron chi connectivity index (χ2n) is 4.85. The van der Waals surface area contributed by atoms with E-state index in [0.29, 0.717) is 0 Å². The van der Waals surface area contributed by atoms with Gasteiger partial charge in [-0.3, -0.25) is 0 Å². The number of anilines is 1. The molecule has 0 aliphatic carbocycles. The predicted octanol–water partition coefficient (Wildman–Crippen LogP) is 5.04. The van der Waals surface area contributed by atoms with Gasteiger partial charge in [0, 0.05) is 12.7 Å². The van der Waals surface area contributed by atoms with Crippen LogP contribution in [-0.2, 0) is 0 Å². The van der Waals surface area contributed by atoms with Gasteiger partial charge in [0.1, 0.15) is 0 Å². The molecular formula is C17H23N. The molecule has 0 aliphatic rings. The van der Waals surface area contributed by atoms with E-state index >= 15 is 0 Å². The summed E-state index contributed by atoms with van der Waals surface area (Å²) in [6, 6.07) is 8.46. The molecule has 1 N–H and O–H groups in total. The third-order valence-electron chi connectivity index (χ3n) is 2.99. The summed E-state index contributed by atoms with van der Waals surface area (Å²) in [7, 11) is 1.93. The minimum atomic E-state index is 1.11. The van der Waals surface area contributed by atoms with Gasteiger partial charge in [0.15, 0.2) is 0 Å². The van der Waals surface area contributed by atoms with Crippen LogP contribution in [0.3, 0.4) is 0 Å². The number of benzene rings is 1. The summed E-state index contributed by atoms with van der Waals surface area (Å²) in [5, 5.41) is 3.13. The third kappa shape index (κ3) is 3.63. The number of allylic oxidation sites excluding steroid dienone is 5. The molecule has 0 bridgehead atoms. The molecule has 0 fully saturated rings. The van der Waals surface area contributed by atoms with Crippen molar-refractivity contribution >= 4 is 11.3 Å². The Morgan fingerprint density at radius 2 is 1.61 bits per heavy atom. The van der Waals surface area contributed by atoms with Crippen LogP contribution in [0.4, 0.5) is 5.69 Å². The maximum atomic E-state index is 4.04. The molecule has 0 heterocycles. The summed E-state index contributed by atoms with van der Waals surface area (Å²) in [6.45, 7) is 12.5. The lowest BCUT2D eigenvalue weighted by molar-refractivity contribution is 1.29. The standard InChI is InChI=1S/C17H23N/c1-12(2)17(13(3)4)11-14(5)15-7-9-16(18-6)10-8-15/h7-11,18H,1H2,2-6H3/b14-11+. The lowest BCUT2D eigenvalue weighted by Gasteiger charge is -2.08. The highest BCUT2D eigenvalue weighted by Gasteiger charge is 2.01. The zero-order valence-corrected chi connectivity index (χ0v) is 12.1. The first-order valence-corrected chi connectivity index (χ1v) is 6.25. The topological polar surface area (TPSA) is 12.0 Å². The average Bonchev–Trinajstić information content (AvgIpc) is 2.35. The summed E-state index contributed by atoms with van der Waals surface area (Å²) >= 11 is 0. The number of hydrogen-bond donors (Lipinski definition) is 1. The fraction of sp³-hybridized carbons (Fsp3) is 0.294. The molecule has 18 heavy (non-hydrogen) atoms. The summed E-state index contributed by atoms with van der Waals surface area (Å²) in [4.78, 5) is 0. The maximum Gasteiger partial charge on any atom is 0.0337 e. The Labute approximate surface area is 111 Å². The first-order valence-electron chi connectivity index (χ1n) is 6.25. The second kappa shape index (κ2) is 6.25. The van der Waals surface area contributed by atoms with Crippen LogP contribution < -0.4 is 5.32 Å². The number of nitrogens with one attached hydrogen (secondary N) is 1. The van der Waals surface area contributed by atoms with Gasteiger partial charge in [-0.1, -0.05) is 35.9 Å². The summed E-state index contributed by atoms with van der Waals surface area (Å²) in [5.74, 6) is 0. The monoisotopic (exact) mass is 241 g/mol. The molecule has 0 aromatic heterocycles. The van der Waals surface area contributed by atoms with Crippen LogP contribution in [0.1, 0.15) is 33.3 Å². The van der Waals surface area contributed by atoms with Gasteiger partial charge in [-0.05, 0) is 56.5 Å². The van der Waals surface area contributed by atoms with Gasteiger partial charge in [-0.25, -0.2) is 0 Å². The maximum absolute atomic E-state index is 4.04. The van der Waals surface area contributed by atoms with Gasteiger partial charge in [0.25, 0.3) is 0 Å². The molecule has 1 nitrogen and oxygen atoms in total. The molecule has 0 saturated carbocycles. The van der Waals surface area contributed by atoms with Crippen molar-refractivity contribution in [1.29, 1.82) is 0 Å². The van der Waals surface area contributed by atoms with Crippen LogP contribution in [0.15, 0.2) is 53.6 Å². The zero-order valence-electron chi connectivity index (χ0n) is 12.1. The minimum Gasteiger partial charge on any atom is -0.388 e. The van der Waals surface area contributed by atoms with Crippen LogP contribution in [0.2, 0.25) is 0 Å². The van der Waals surface area contributed by atoms with Crippen LogP contribution in [0.25, 0.3) is 5.57 Å². The van der Waals surface area contributed by atoms with E-state index in [-0.39, 0.29) is 0 Å². The van der Waals surface area contributed by atoms with Crippen molar-refractivity contribution in [3.05, 3.63) is 59.2 Å². The molecule has 0 unspecified atom stereocenters. The summed E-state index contributed by atoms with van der Waals surface area (Å²) in [6.07, 6.45) is 2.21. The van der Waals surface area contributed by atoms with E-state index < -0.39 is 0 Å². The third-order valence-corrected chi connectivity index (χ3v) is 2.99. The summed E-state index contributed by atoms with van der Waals surface area (Å²) in [5.41, 5.74) is 7.29. The molecule has 1 heteroatoms. The van der Waals surface area contributed by atoms with Crippen LogP contribution in [0.5, 0.6) is 0 Å². The van der Waals surface area contributed by atoms with Crippen molar-refractivity contribution in [2.24, 2.45) is 0 Å². The fourth-order valence-electron chi connectivity index (χ4n) is 1.89. The van der Waals surface area contributed by atoms with Gasteiger partial charge >= 0.3 is 0 Å². The summed E-state index contributed by atoms with van der Waals surface area (Å²) < 4.78 is 0. The van der Waals surface area contributed by atoms with Crippen LogP contribution in [-0.4, -0.2) is 7.05 Å². The molecule has 96 valence electrons. The molecule has 1 rings (SSSR count). The van der Waals surface area contributed by atoms with Crippen LogP contribution in [0, 0.1) is 0 Å². The second-order valence-corrected chi connectivity index (χ2v) is 4.85. The van der Waals surface area contributed by atoms with E-state index in [2.05, 4.69) is 69.9 Å². The molecule has 0 spiro atoms. The van der Waals surface area contributed by atoms with Gasteiger partial charge in [0.05, 0.1) is 0 Å². The van der Waals surface area contributed by atoms with Crippen molar-refractivity contribution in [3.63, 3.8) is 0 Å². The smallest absolute Gasteiger partial charge is 0.0337 e. The van der Waals surface area contributed by atoms with Crippen molar-refractivity contribution in [2.45, 2.75) is 27.7 Å². The van der Waals surface area contributed by atoms with Crippen molar-refractivity contribution in [3.8, 4) is 0 Å². The fourth-order valence-corrected chi connectivity index (χ4v) is 1.89. The molecular weight excluding hydrogens is 218 g/mol. The zero-order chi connectivity index (χ0) is 13.7. The molecule has 1 aromatic carbocycles. The van der Waals surface area contributed by atoms with E-state index in [0.717, 1.165) is 11.3 Å². The van der Waals surface area contributed by atoms with Crippen molar-refractivity contribution in [2.75, 3.05) is 12.4 Å². The Bertz CT molecular complexity index is 483. The van der Waals surface area contributed by atoms with Crippen LogP contribution >= 0.6 is 0 Å². The molecule has 0 atom stereocenters. The van der Waals surface area contributed by atoms with E-state index in [1.54, 1.807) is 0 Å². The average molecular weight is 241 g/mol. The Kier molecular flexibility index (Phi) is 4.96. The Morgan fingerprint density at radius 1 is 1.06 bits per heavy atom. The SMILES string of the molecule is C=C(C)C(/C=C(\C)c1ccc(NC)cc1)=C(C)C. The minimum absolute atomic E-state index is 1.11. The van der Waals surface area contributed by atoms with Crippen molar-refractivity contribution in [1.82, 2.24) is 0 Å². The Morgan fingerprint density at radius 3 is 2.00 bits per heavy atom. The number of hydrogen-bond acceptors (Lipinski definition) is 1. The Hall–Kier alpha value is -1.76.